The van der Waals surface area contributed by atoms with E-state index in [9.17, 15) is 4.79 Å². The average molecular weight is 455 g/mol. The molecule has 1 amide bonds. The minimum absolute atomic E-state index is 0.145. The summed E-state index contributed by atoms with van der Waals surface area (Å²) in [5.41, 5.74) is 1.44. The van der Waals surface area contributed by atoms with Gasteiger partial charge in [0, 0.05) is 18.0 Å². The molecule has 3 aromatic rings. The molecule has 0 spiro atoms. The second-order valence-electron chi connectivity index (χ2n) is 7.39. The first-order valence-corrected chi connectivity index (χ1v) is 11.1. The summed E-state index contributed by atoms with van der Waals surface area (Å²) in [5.74, 6) is 1.15. The van der Waals surface area contributed by atoms with Crippen LogP contribution in [0.5, 0.6) is 5.75 Å². The highest BCUT2D eigenvalue weighted by atomic mass is 32.1. The Morgan fingerprint density at radius 2 is 2.06 bits per heavy atom. The largest absolute Gasteiger partial charge is 0.497 e. The molecular weight excluding hydrogens is 432 g/mol. The van der Waals surface area contributed by atoms with Crippen molar-refractivity contribution in [3.05, 3.63) is 54.0 Å². The maximum absolute atomic E-state index is 12.4. The van der Waals surface area contributed by atoms with E-state index in [1.165, 1.54) is 0 Å². The molecule has 166 valence electrons. The number of hydrogen-bond donors (Lipinski definition) is 2. The van der Waals surface area contributed by atoms with Gasteiger partial charge in [-0.25, -0.2) is 14.8 Å². The van der Waals surface area contributed by atoms with Crippen LogP contribution >= 0.6 is 11.3 Å². The highest BCUT2D eigenvalue weighted by molar-refractivity contribution is 7.13. The summed E-state index contributed by atoms with van der Waals surface area (Å²) in [4.78, 5) is 22.3. The van der Waals surface area contributed by atoms with Crippen molar-refractivity contribution in [3.63, 3.8) is 0 Å². The first-order chi connectivity index (χ1) is 15.7. The predicted octanol–water partition coefficient (Wildman–Crippen LogP) is 3.41. The molecule has 2 aromatic heterocycles. The number of methoxy groups -OCH3 is 1. The topological polar surface area (TPSA) is 104 Å². The number of nitrogens with zero attached hydrogens (tertiary/aromatic N) is 2. The van der Waals surface area contributed by atoms with E-state index in [1.54, 1.807) is 48.9 Å². The number of benzene rings is 1. The minimum Gasteiger partial charge on any atom is -0.497 e. The molecule has 4 heterocycles. The van der Waals surface area contributed by atoms with E-state index in [0.29, 0.717) is 24.0 Å². The Hall–Kier alpha value is -3.21. The van der Waals surface area contributed by atoms with Crippen LogP contribution in [0.25, 0.3) is 10.6 Å². The molecule has 2 saturated heterocycles. The van der Waals surface area contributed by atoms with Crippen LogP contribution in [0.3, 0.4) is 0 Å². The SMILES string of the molecule is COc1cccc(NC(=O)O[C@@H]2CO[C@H]3[C@@H]2OC[C@@H]3Nc2nccc(-c3cccs3)n2)c1. The summed E-state index contributed by atoms with van der Waals surface area (Å²) >= 11 is 1.62. The minimum atomic E-state index is -0.570. The molecule has 0 aliphatic carbocycles. The molecule has 5 rings (SSSR count). The summed E-state index contributed by atoms with van der Waals surface area (Å²) in [5, 5.41) is 8.02. The molecule has 2 aliphatic heterocycles. The Bertz CT molecular complexity index is 1080. The van der Waals surface area contributed by atoms with Crippen LogP contribution in [0.2, 0.25) is 0 Å². The highest BCUT2D eigenvalue weighted by Gasteiger charge is 2.49. The van der Waals surface area contributed by atoms with Gasteiger partial charge in [-0.3, -0.25) is 5.32 Å². The van der Waals surface area contributed by atoms with Crippen molar-refractivity contribution in [2.24, 2.45) is 0 Å². The number of anilines is 2. The van der Waals surface area contributed by atoms with Crippen LogP contribution < -0.4 is 15.4 Å². The second-order valence-corrected chi connectivity index (χ2v) is 8.34. The van der Waals surface area contributed by atoms with Gasteiger partial charge in [0.2, 0.25) is 5.95 Å². The molecule has 0 bridgehead atoms. The molecule has 2 aliphatic rings. The number of carbonyl (C=O) groups excluding carboxylic acids is 1. The number of carbonyl (C=O) groups is 1. The van der Waals surface area contributed by atoms with Gasteiger partial charge in [0.05, 0.1) is 36.9 Å². The van der Waals surface area contributed by atoms with Gasteiger partial charge in [0.25, 0.3) is 0 Å². The molecule has 10 heteroatoms. The number of hydrogen-bond acceptors (Lipinski definition) is 9. The van der Waals surface area contributed by atoms with E-state index in [0.717, 1.165) is 10.6 Å². The molecular formula is C22H22N4O5S. The zero-order valence-electron chi connectivity index (χ0n) is 17.3. The third-order valence-electron chi connectivity index (χ3n) is 5.33. The lowest BCUT2D eigenvalue weighted by atomic mass is 10.1. The van der Waals surface area contributed by atoms with Gasteiger partial charge in [-0.1, -0.05) is 12.1 Å². The number of fused-ring (bicyclic) bond motifs is 1. The zero-order valence-corrected chi connectivity index (χ0v) is 18.1. The first kappa shape index (κ1) is 20.7. The smallest absolute Gasteiger partial charge is 0.412 e. The third-order valence-corrected chi connectivity index (χ3v) is 6.22. The molecule has 2 N–H and O–H groups in total. The molecule has 4 atom stereocenters. The monoisotopic (exact) mass is 454 g/mol. The summed E-state index contributed by atoms with van der Waals surface area (Å²) in [6.45, 7) is 0.661. The first-order valence-electron chi connectivity index (χ1n) is 10.2. The van der Waals surface area contributed by atoms with E-state index >= 15 is 0 Å². The fourth-order valence-electron chi connectivity index (χ4n) is 3.83. The van der Waals surface area contributed by atoms with E-state index in [-0.39, 0.29) is 24.9 Å². The quantitative estimate of drug-likeness (QED) is 0.584. The van der Waals surface area contributed by atoms with Crippen LogP contribution in [-0.2, 0) is 14.2 Å². The van der Waals surface area contributed by atoms with E-state index < -0.39 is 12.2 Å². The van der Waals surface area contributed by atoms with Crippen LogP contribution in [0.1, 0.15) is 0 Å². The standard InChI is InChI=1S/C22H22N4O5S/c1-28-14-5-2-4-13(10-14)24-22(27)31-17-12-30-19-16(11-29-20(17)19)26-21-23-8-7-15(25-21)18-6-3-9-32-18/h2-10,16-17,19-20H,11-12H2,1H3,(H,24,27)(H,23,25,26)/t16-,17+,19+,20+/m0/s1. The average Bonchev–Trinajstić information content (AvgIpc) is 3.55. The van der Waals surface area contributed by atoms with Crippen molar-refractivity contribution >= 4 is 29.1 Å². The van der Waals surface area contributed by atoms with Crippen LogP contribution in [0.4, 0.5) is 16.4 Å². The maximum atomic E-state index is 12.4. The Balaban J connectivity index is 1.18. The summed E-state index contributed by atoms with van der Waals surface area (Å²) in [7, 11) is 1.57. The molecule has 0 saturated carbocycles. The number of amides is 1. The van der Waals surface area contributed by atoms with E-state index in [2.05, 4.69) is 20.6 Å². The van der Waals surface area contributed by atoms with Gasteiger partial charge in [-0.15, -0.1) is 11.3 Å². The van der Waals surface area contributed by atoms with Gasteiger partial charge in [-0.2, -0.15) is 0 Å². The number of ether oxygens (including phenoxy) is 4. The van der Waals surface area contributed by atoms with Crippen molar-refractivity contribution in [3.8, 4) is 16.3 Å². The normalized spacial score (nSPS) is 24.0. The molecule has 1 aromatic carbocycles. The van der Waals surface area contributed by atoms with Gasteiger partial charge in [0.1, 0.15) is 18.0 Å². The van der Waals surface area contributed by atoms with Gasteiger partial charge in [-0.05, 0) is 29.6 Å². The number of nitrogens with one attached hydrogen (secondary N) is 2. The molecule has 2 fully saturated rings. The van der Waals surface area contributed by atoms with Gasteiger partial charge in [0.15, 0.2) is 6.10 Å². The van der Waals surface area contributed by atoms with Crippen molar-refractivity contribution in [2.75, 3.05) is 31.0 Å². The Morgan fingerprint density at radius 3 is 2.91 bits per heavy atom. The molecule has 0 radical (unpaired) electrons. The number of aromatic nitrogens is 2. The molecule has 32 heavy (non-hydrogen) atoms. The van der Waals surface area contributed by atoms with Gasteiger partial charge < -0.3 is 24.3 Å². The van der Waals surface area contributed by atoms with Crippen LogP contribution in [-0.4, -0.2) is 60.7 Å². The molecule has 0 unspecified atom stereocenters. The Kier molecular flexibility index (Phi) is 5.89. The maximum Gasteiger partial charge on any atom is 0.412 e. The highest BCUT2D eigenvalue weighted by Crippen LogP contribution is 2.31. The lowest BCUT2D eigenvalue weighted by molar-refractivity contribution is 0.00917. The Morgan fingerprint density at radius 1 is 1.16 bits per heavy atom. The summed E-state index contributed by atoms with van der Waals surface area (Å²) in [6.07, 6.45) is 0.0279. The zero-order chi connectivity index (χ0) is 21.9. The fourth-order valence-corrected chi connectivity index (χ4v) is 4.53. The van der Waals surface area contributed by atoms with Crippen LogP contribution in [0.15, 0.2) is 54.0 Å². The van der Waals surface area contributed by atoms with E-state index in [1.807, 2.05) is 23.6 Å². The van der Waals surface area contributed by atoms with Crippen LogP contribution in [0, 0.1) is 0 Å². The van der Waals surface area contributed by atoms with Crippen molar-refractivity contribution in [2.45, 2.75) is 24.4 Å². The lowest BCUT2D eigenvalue weighted by Gasteiger charge is -2.18. The number of rotatable bonds is 6. The number of thiophene rings is 1. The fraction of sp³-hybridized carbons (Fsp3) is 0.318. The third kappa shape index (κ3) is 4.38. The second kappa shape index (κ2) is 9.11. The summed E-state index contributed by atoms with van der Waals surface area (Å²) < 4.78 is 22.5. The Labute approximate surface area is 188 Å². The van der Waals surface area contributed by atoms with Crippen molar-refractivity contribution < 1.29 is 23.7 Å². The lowest BCUT2D eigenvalue weighted by Crippen LogP contribution is -2.38. The predicted molar refractivity (Wildman–Crippen MR) is 119 cm³/mol. The summed E-state index contributed by atoms with van der Waals surface area (Å²) in [6, 6.07) is 12.8. The van der Waals surface area contributed by atoms with E-state index in [4.69, 9.17) is 18.9 Å². The molecule has 9 nitrogen and oxygen atoms in total. The van der Waals surface area contributed by atoms with Gasteiger partial charge >= 0.3 is 6.09 Å². The van der Waals surface area contributed by atoms with Crippen molar-refractivity contribution in [1.29, 1.82) is 0 Å². The van der Waals surface area contributed by atoms with Crippen molar-refractivity contribution in [1.82, 2.24) is 9.97 Å².